The lowest BCUT2D eigenvalue weighted by Crippen LogP contribution is -2.41. The van der Waals surface area contributed by atoms with Crippen molar-refractivity contribution >= 4 is 33.5 Å². The average Bonchev–Trinajstić information content (AvgIpc) is 3.38. The van der Waals surface area contributed by atoms with E-state index in [0.717, 1.165) is 27.2 Å². The van der Waals surface area contributed by atoms with Crippen molar-refractivity contribution in [3.63, 3.8) is 0 Å². The highest BCUT2D eigenvalue weighted by atomic mass is 32.1. The van der Waals surface area contributed by atoms with Crippen LogP contribution >= 0.6 is 11.3 Å². The molecular weight excluding hydrogens is 374 g/mol. The van der Waals surface area contributed by atoms with Gasteiger partial charge in [0.15, 0.2) is 0 Å². The lowest BCUT2D eigenvalue weighted by molar-refractivity contribution is 0.0941. The number of likely N-dealkylation sites (tertiary alicyclic amines) is 1. The summed E-state index contributed by atoms with van der Waals surface area (Å²) < 4.78 is 2.17. The number of amides is 3. The van der Waals surface area contributed by atoms with Crippen LogP contribution in [0, 0.1) is 6.92 Å². The lowest BCUT2D eigenvalue weighted by Gasteiger charge is -2.22. The largest absolute Gasteiger partial charge is 0.347 e. The van der Waals surface area contributed by atoms with E-state index < -0.39 is 0 Å². The molecular formula is C20H29N5O2S. The van der Waals surface area contributed by atoms with Crippen LogP contribution in [0.1, 0.15) is 59.9 Å². The zero-order valence-corrected chi connectivity index (χ0v) is 17.7. The van der Waals surface area contributed by atoms with Crippen molar-refractivity contribution in [3.8, 4) is 0 Å². The van der Waals surface area contributed by atoms with Crippen molar-refractivity contribution in [1.82, 2.24) is 24.9 Å². The molecule has 4 rings (SSSR count). The van der Waals surface area contributed by atoms with Gasteiger partial charge in [0, 0.05) is 38.6 Å². The van der Waals surface area contributed by atoms with E-state index in [4.69, 9.17) is 5.10 Å². The second kappa shape index (κ2) is 7.73. The molecule has 2 aromatic rings. The van der Waals surface area contributed by atoms with Crippen molar-refractivity contribution in [2.45, 2.75) is 57.5 Å². The van der Waals surface area contributed by atoms with E-state index in [1.54, 1.807) is 35.2 Å². The molecule has 28 heavy (non-hydrogen) atoms. The van der Waals surface area contributed by atoms with Gasteiger partial charge in [-0.2, -0.15) is 5.10 Å². The molecule has 152 valence electrons. The smallest absolute Gasteiger partial charge is 0.319 e. The van der Waals surface area contributed by atoms with E-state index in [1.165, 1.54) is 32.1 Å². The maximum absolute atomic E-state index is 12.8. The predicted octanol–water partition coefficient (Wildman–Crippen LogP) is 3.40. The Morgan fingerprint density at radius 3 is 2.68 bits per heavy atom. The number of nitrogens with zero attached hydrogens (tertiary/aromatic N) is 4. The van der Waals surface area contributed by atoms with Gasteiger partial charge >= 0.3 is 6.03 Å². The van der Waals surface area contributed by atoms with E-state index in [9.17, 15) is 9.59 Å². The van der Waals surface area contributed by atoms with Crippen LogP contribution in [-0.2, 0) is 0 Å². The minimum absolute atomic E-state index is 0.00168. The third-order valence-electron chi connectivity index (χ3n) is 5.89. The summed E-state index contributed by atoms with van der Waals surface area (Å²) in [5.41, 5.74) is 1.000. The Bertz CT molecular complexity index is 881. The van der Waals surface area contributed by atoms with Crippen molar-refractivity contribution in [3.05, 3.63) is 16.6 Å². The van der Waals surface area contributed by atoms with Crippen molar-refractivity contribution in [2.24, 2.45) is 0 Å². The quantitative estimate of drug-likeness (QED) is 0.854. The lowest BCUT2D eigenvalue weighted by atomic mass is 9.96. The number of urea groups is 1. The first kappa shape index (κ1) is 19.2. The Morgan fingerprint density at radius 2 is 1.96 bits per heavy atom. The van der Waals surface area contributed by atoms with E-state index in [1.807, 2.05) is 13.0 Å². The number of fused-ring (bicyclic) bond motifs is 1. The van der Waals surface area contributed by atoms with Gasteiger partial charge in [-0.3, -0.25) is 9.48 Å². The van der Waals surface area contributed by atoms with Crippen molar-refractivity contribution in [1.29, 1.82) is 0 Å². The third kappa shape index (κ3) is 3.62. The second-order valence-corrected chi connectivity index (χ2v) is 9.26. The van der Waals surface area contributed by atoms with Crippen LogP contribution in [0.4, 0.5) is 4.79 Å². The molecule has 0 aromatic carbocycles. The number of hydrogen-bond acceptors (Lipinski definition) is 4. The summed E-state index contributed by atoms with van der Waals surface area (Å²) in [6.07, 6.45) is 6.97. The zero-order chi connectivity index (χ0) is 19.8. The molecule has 7 nitrogen and oxygen atoms in total. The molecule has 1 saturated heterocycles. The topological polar surface area (TPSA) is 70.5 Å². The summed E-state index contributed by atoms with van der Waals surface area (Å²) in [5, 5.41) is 8.98. The van der Waals surface area contributed by atoms with Crippen molar-refractivity contribution in [2.75, 3.05) is 27.2 Å². The van der Waals surface area contributed by atoms with Crippen LogP contribution in [0.2, 0.25) is 0 Å². The molecule has 3 amide bonds. The number of rotatable bonds is 3. The number of thiophene rings is 1. The Morgan fingerprint density at radius 1 is 1.21 bits per heavy atom. The van der Waals surface area contributed by atoms with Gasteiger partial charge in [0.05, 0.1) is 16.6 Å². The second-order valence-electron chi connectivity index (χ2n) is 8.23. The van der Waals surface area contributed by atoms with Gasteiger partial charge in [-0.05, 0) is 32.3 Å². The standard InChI is InChI=1S/C20H29N5O2S/c1-13-16-11-17(28-19(16)25(22-13)15-7-5-4-6-8-15)18(26)21-14-9-10-24(12-14)20(27)23(2)3/h11,14-15H,4-10,12H2,1-3H3,(H,21,26)/t14-/m0/s1. The fourth-order valence-electron chi connectivity index (χ4n) is 4.35. The van der Waals surface area contributed by atoms with Gasteiger partial charge in [0.2, 0.25) is 0 Å². The molecule has 1 aliphatic heterocycles. The molecule has 0 spiro atoms. The van der Waals surface area contributed by atoms with Crippen LogP contribution in [0.3, 0.4) is 0 Å². The fraction of sp³-hybridized carbons (Fsp3) is 0.650. The summed E-state index contributed by atoms with van der Waals surface area (Å²) in [5.74, 6) is -0.0417. The zero-order valence-electron chi connectivity index (χ0n) is 16.9. The van der Waals surface area contributed by atoms with Crippen LogP contribution in [-0.4, -0.2) is 64.7 Å². The molecule has 2 aromatic heterocycles. The first-order valence-corrected chi connectivity index (χ1v) is 11.0. The molecule has 2 fully saturated rings. The number of aromatic nitrogens is 2. The van der Waals surface area contributed by atoms with Gasteiger partial charge in [0.1, 0.15) is 4.83 Å². The molecule has 3 heterocycles. The van der Waals surface area contributed by atoms with Gasteiger partial charge in [-0.15, -0.1) is 11.3 Å². The van der Waals surface area contributed by atoms with Crippen LogP contribution in [0.25, 0.3) is 10.2 Å². The predicted molar refractivity (Wildman–Crippen MR) is 111 cm³/mol. The monoisotopic (exact) mass is 403 g/mol. The fourth-order valence-corrected chi connectivity index (χ4v) is 5.48. The highest BCUT2D eigenvalue weighted by Gasteiger charge is 2.29. The molecule has 1 aliphatic carbocycles. The van der Waals surface area contributed by atoms with E-state index in [2.05, 4.69) is 10.00 Å². The first-order valence-electron chi connectivity index (χ1n) is 10.2. The minimum atomic E-state index is -0.0417. The third-order valence-corrected chi connectivity index (χ3v) is 7.01. The molecule has 0 unspecified atom stereocenters. The van der Waals surface area contributed by atoms with Gasteiger partial charge in [-0.1, -0.05) is 19.3 Å². The summed E-state index contributed by atoms with van der Waals surface area (Å²) >= 11 is 1.54. The highest BCUT2D eigenvalue weighted by molar-refractivity contribution is 7.20. The Balaban J connectivity index is 1.47. The Kier molecular flexibility index (Phi) is 5.31. The first-order chi connectivity index (χ1) is 13.4. The summed E-state index contributed by atoms with van der Waals surface area (Å²) in [4.78, 5) is 30.1. The Hall–Kier alpha value is -2.09. The van der Waals surface area contributed by atoms with E-state index in [-0.39, 0.29) is 18.0 Å². The van der Waals surface area contributed by atoms with Crippen molar-refractivity contribution < 1.29 is 9.59 Å². The summed E-state index contributed by atoms with van der Waals surface area (Å²) in [6, 6.07) is 2.45. The molecule has 8 heteroatoms. The number of carbonyl (C=O) groups is 2. The maximum atomic E-state index is 12.8. The molecule has 1 saturated carbocycles. The SMILES string of the molecule is Cc1nn(C2CCCCC2)c2sc(C(=O)N[C@H]3CCN(C(=O)N(C)C)C3)cc12. The van der Waals surface area contributed by atoms with Gasteiger partial charge in [0.25, 0.3) is 5.91 Å². The molecule has 0 bridgehead atoms. The molecule has 1 atom stereocenters. The normalized spacial score (nSPS) is 20.7. The van der Waals surface area contributed by atoms with Gasteiger partial charge in [-0.25, -0.2) is 4.79 Å². The van der Waals surface area contributed by atoms with Crippen LogP contribution in [0.5, 0.6) is 0 Å². The number of aryl methyl sites for hydroxylation is 1. The number of hydrogen-bond donors (Lipinski definition) is 1. The minimum Gasteiger partial charge on any atom is -0.347 e. The van der Waals surface area contributed by atoms with E-state index in [0.29, 0.717) is 19.1 Å². The molecule has 0 radical (unpaired) electrons. The van der Waals surface area contributed by atoms with Crippen LogP contribution in [0.15, 0.2) is 6.07 Å². The van der Waals surface area contributed by atoms with Crippen LogP contribution < -0.4 is 5.32 Å². The number of carbonyl (C=O) groups excluding carboxylic acids is 2. The molecule has 2 aliphatic rings. The van der Waals surface area contributed by atoms with Gasteiger partial charge < -0.3 is 15.1 Å². The van der Waals surface area contributed by atoms with E-state index >= 15 is 0 Å². The summed E-state index contributed by atoms with van der Waals surface area (Å²) in [7, 11) is 3.51. The highest BCUT2D eigenvalue weighted by Crippen LogP contribution is 2.35. The Labute approximate surface area is 169 Å². The molecule has 1 N–H and O–H groups in total. The maximum Gasteiger partial charge on any atom is 0.319 e. The average molecular weight is 404 g/mol. The summed E-state index contributed by atoms with van der Waals surface area (Å²) in [6.45, 7) is 3.28. The number of nitrogens with one attached hydrogen (secondary N) is 1.